The Kier molecular flexibility index (Phi) is 9.53. The number of aromatic nitrogens is 4. The van der Waals surface area contributed by atoms with E-state index in [4.69, 9.17) is 23.2 Å². The second kappa shape index (κ2) is 14.0. The number of hydrazone groups is 2. The largest absolute Gasteiger partial charge is 0.285 e. The van der Waals surface area contributed by atoms with Crippen LogP contribution in [0.5, 0.6) is 0 Å². The molecule has 0 spiro atoms. The van der Waals surface area contributed by atoms with Crippen LogP contribution in [0.25, 0.3) is 6.08 Å². The number of hydrogen-bond acceptors (Lipinski definition) is 8. The molecular weight excluding hydrogens is 587 g/mol. The molecule has 0 unspecified atom stereocenters. The smallest absolute Gasteiger partial charge is 0.275 e. The third-order valence-corrected chi connectivity index (χ3v) is 6.91. The Hall–Kier alpha value is -5.32. The van der Waals surface area contributed by atoms with E-state index in [-0.39, 0.29) is 10.0 Å². The van der Waals surface area contributed by atoms with Gasteiger partial charge in [0.1, 0.15) is 21.4 Å². The van der Waals surface area contributed by atoms with Gasteiger partial charge in [0.25, 0.3) is 11.1 Å². The number of hydrogen-bond donors (Lipinski definition) is 4. The van der Waals surface area contributed by atoms with Crippen LogP contribution in [0.15, 0.2) is 123 Å². The van der Waals surface area contributed by atoms with E-state index < -0.39 is 11.1 Å². The molecule has 3 aromatic carbocycles. The first-order valence-corrected chi connectivity index (χ1v) is 13.7. The number of halogens is 2. The highest BCUT2D eigenvalue weighted by Crippen LogP contribution is 2.18. The second-order valence-corrected chi connectivity index (χ2v) is 9.87. The van der Waals surface area contributed by atoms with Crippen molar-refractivity contribution in [3.05, 3.63) is 156 Å². The molecule has 0 aliphatic heterocycles. The summed E-state index contributed by atoms with van der Waals surface area (Å²) < 4.78 is 0. The number of allylic oxidation sites excluding steroid dienone is 1. The van der Waals surface area contributed by atoms with Crippen molar-refractivity contribution in [1.29, 1.82) is 0 Å². The summed E-state index contributed by atoms with van der Waals surface area (Å²) in [6, 6.07) is 27.3. The average Bonchev–Trinajstić information content (AvgIpc) is 3.04. The first kappa shape index (κ1) is 29.2. The van der Waals surface area contributed by atoms with Gasteiger partial charge in [-0.2, -0.15) is 20.4 Å². The van der Waals surface area contributed by atoms with Crippen LogP contribution in [0.4, 0.5) is 11.4 Å². The van der Waals surface area contributed by atoms with Crippen LogP contribution in [0, 0.1) is 0 Å². The topological polar surface area (TPSA) is 140 Å². The van der Waals surface area contributed by atoms with Crippen LogP contribution in [-0.2, 0) is 6.42 Å². The van der Waals surface area contributed by atoms with Crippen molar-refractivity contribution in [3.63, 3.8) is 0 Å². The van der Waals surface area contributed by atoms with E-state index >= 15 is 0 Å². The molecule has 5 rings (SSSR count). The molecule has 0 radical (unpaired) electrons. The van der Waals surface area contributed by atoms with Gasteiger partial charge in [0, 0.05) is 12.0 Å². The van der Waals surface area contributed by atoms with Gasteiger partial charge in [-0.3, -0.25) is 20.4 Å². The van der Waals surface area contributed by atoms with Crippen LogP contribution in [-0.4, -0.2) is 31.8 Å². The van der Waals surface area contributed by atoms with E-state index in [1.165, 1.54) is 12.4 Å². The monoisotopic (exact) mass is 610 g/mol. The van der Waals surface area contributed by atoms with Crippen molar-refractivity contribution in [3.8, 4) is 0 Å². The molecule has 0 amide bonds. The van der Waals surface area contributed by atoms with Gasteiger partial charge in [-0.1, -0.05) is 114 Å². The highest BCUT2D eigenvalue weighted by molar-refractivity contribution is 6.33. The van der Waals surface area contributed by atoms with Gasteiger partial charge in [-0.25, -0.2) is 10.2 Å². The van der Waals surface area contributed by atoms with E-state index in [1.54, 1.807) is 0 Å². The van der Waals surface area contributed by atoms with Crippen LogP contribution < -0.4 is 22.0 Å². The minimum atomic E-state index is -0.508. The Morgan fingerprint density at radius 2 is 1.26 bits per heavy atom. The van der Waals surface area contributed by atoms with Gasteiger partial charge in [-0.05, 0) is 22.8 Å². The highest BCUT2D eigenvalue weighted by Gasteiger charge is 2.09. The zero-order chi connectivity index (χ0) is 30.0. The predicted octanol–water partition coefficient (Wildman–Crippen LogP) is 5.75. The fraction of sp³-hybridized carbons (Fsp3) is 0.0323. The zero-order valence-corrected chi connectivity index (χ0v) is 24.0. The number of aromatic amines is 2. The van der Waals surface area contributed by atoms with Gasteiger partial charge in [-0.15, -0.1) is 0 Å². The molecule has 43 heavy (non-hydrogen) atoms. The molecule has 0 aliphatic carbocycles. The number of H-pyrrole nitrogens is 2. The molecule has 0 bridgehead atoms. The first-order valence-electron chi connectivity index (χ1n) is 13.0. The lowest BCUT2D eigenvalue weighted by molar-refractivity contribution is 0.986. The van der Waals surface area contributed by atoms with E-state index in [9.17, 15) is 9.59 Å². The van der Waals surface area contributed by atoms with E-state index in [1.807, 2.05) is 97.1 Å². The summed E-state index contributed by atoms with van der Waals surface area (Å²) in [5.74, 6) is 0. The van der Waals surface area contributed by atoms with Gasteiger partial charge in [0.05, 0.1) is 23.8 Å². The number of nitrogens with zero attached hydrogens (tertiary/aromatic N) is 4. The molecule has 2 aromatic heterocycles. The quantitative estimate of drug-likeness (QED) is 0.117. The fourth-order valence-electron chi connectivity index (χ4n) is 3.93. The van der Waals surface area contributed by atoms with Crippen LogP contribution in [0.3, 0.4) is 0 Å². The number of rotatable bonds is 10. The summed E-state index contributed by atoms with van der Waals surface area (Å²) in [6.07, 6.45) is 7.12. The number of benzene rings is 3. The Labute approximate surface area is 255 Å². The Morgan fingerprint density at radius 1 is 0.721 bits per heavy atom. The summed E-state index contributed by atoms with van der Waals surface area (Å²) in [4.78, 5) is 23.6. The molecule has 0 fully saturated rings. The zero-order valence-electron chi connectivity index (χ0n) is 22.5. The molecule has 12 heteroatoms. The van der Waals surface area contributed by atoms with Crippen LogP contribution >= 0.6 is 23.2 Å². The SMILES string of the molecule is O=c1[nH]ncc(N/N=C(/C=Cc2ccc(C/C(=N/Nc3cn[nH]c(=O)c3Cl)c3ccccc3)cc2)c2ccccc2)c1Cl. The fourth-order valence-corrected chi connectivity index (χ4v) is 4.20. The second-order valence-electron chi connectivity index (χ2n) is 9.12. The molecule has 4 N–H and O–H groups in total. The maximum atomic E-state index is 11.8. The molecule has 2 heterocycles. The molecule has 0 saturated heterocycles. The third kappa shape index (κ3) is 7.70. The normalized spacial score (nSPS) is 12.0. The average molecular weight is 611 g/mol. The molecule has 5 aromatic rings. The molecular formula is C31H24Cl2N8O2. The van der Waals surface area contributed by atoms with Gasteiger partial charge < -0.3 is 0 Å². The summed E-state index contributed by atoms with van der Waals surface area (Å²) in [6.45, 7) is 0. The summed E-state index contributed by atoms with van der Waals surface area (Å²) in [5.41, 5.74) is 10.4. The minimum absolute atomic E-state index is 0.0203. The molecule has 0 aliphatic rings. The number of nitrogens with one attached hydrogen (secondary N) is 4. The Morgan fingerprint density at radius 3 is 1.84 bits per heavy atom. The Balaban J connectivity index is 1.36. The van der Waals surface area contributed by atoms with Crippen LogP contribution in [0.1, 0.15) is 22.3 Å². The summed E-state index contributed by atoms with van der Waals surface area (Å²) in [7, 11) is 0. The lowest BCUT2D eigenvalue weighted by Gasteiger charge is -2.09. The third-order valence-electron chi connectivity index (χ3n) is 6.16. The number of anilines is 2. The maximum Gasteiger partial charge on any atom is 0.285 e. The standard InChI is InChI=1S/C31H24Cl2N8O2/c32-28-26(18-34-40-30(28)42)38-36-24(22-7-3-1-4-8-22)16-15-20-11-13-21(14-12-20)17-25(23-9-5-2-6-10-23)37-39-27-19-35-41-31(43)29(27)33/h1-16,18-19H,17H2,(H2,38,40,42)(H2,39,41,43)/b16-15?,36-24-,37-25-. The highest BCUT2D eigenvalue weighted by atomic mass is 35.5. The molecule has 10 nitrogen and oxygen atoms in total. The summed E-state index contributed by atoms with van der Waals surface area (Å²) in [5, 5.41) is 21.1. The minimum Gasteiger partial charge on any atom is -0.275 e. The van der Waals surface area contributed by atoms with Crippen molar-refractivity contribution < 1.29 is 0 Å². The first-order chi connectivity index (χ1) is 21.0. The van der Waals surface area contributed by atoms with Gasteiger partial charge in [0.2, 0.25) is 0 Å². The van der Waals surface area contributed by atoms with Crippen molar-refractivity contribution in [2.24, 2.45) is 10.2 Å². The lowest BCUT2D eigenvalue weighted by atomic mass is 10.0. The van der Waals surface area contributed by atoms with Crippen molar-refractivity contribution in [1.82, 2.24) is 20.4 Å². The Bertz CT molecular complexity index is 1900. The summed E-state index contributed by atoms with van der Waals surface area (Å²) >= 11 is 12.2. The lowest BCUT2D eigenvalue weighted by Crippen LogP contribution is -2.12. The van der Waals surface area contributed by atoms with Crippen molar-refractivity contribution >= 4 is 52.1 Å². The van der Waals surface area contributed by atoms with E-state index in [0.29, 0.717) is 23.5 Å². The van der Waals surface area contributed by atoms with E-state index in [2.05, 4.69) is 41.4 Å². The molecule has 0 saturated carbocycles. The molecule has 0 atom stereocenters. The predicted molar refractivity (Wildman–Crippen MR) is 172 cm³/mol. The van der Waals surface area contributed by atoms with Crippen LogP contribution in [0.2, 0.25) is 10.0 Å². The van der Waals surface area contributed by atoms with E-state index in [0.717, 1.165) is 28.0 Å². The van der Waals surface area contributed by atoms with Gasteiger partial charge >= 0.3 is 0 Å². The van der Waals surface area contributed by atoms with Crippen molar-refractivity contribution in [2.45, 2.75) is 6.42 Å². The maximum absolute atomic E-state index is 11.8. The van der Waals surface area contributed by atoms with Gasteiger partial charge in [0.15, 0.2) is 0 Å². The molecule has 214 valence electrons. The van der Waals surface area contributed by atoms with Crippen molar-refractivity contribution in [2.75, 3.05) is 10.9 Å².